The lowest BCUT2D eigenvalue weighted by atomic mass is 9.92. The third kappa shape index (κ3) is 4.97. The molecule has 14 heavy (non-hydrogen) atoms. The first-order valence-electron chi connectivity index (χ1n) is 5.77. The summed E-state index contributed by atoms with van der Waals surface area (Å²) in [6.45, 7) is 7.58. The van der Waals surface area contributed by atoms with E-state index in [-0.39, 0.29) is 6.10 Å². The van der Waals surface area contributed by atoms with Gasteiger partial charge in [-0.2, -0.15) is 0 Å². The number of rotatable bonds is 3. The normalized spacial score (nSPS) is 29.1. The van der Waals surface area contributed by atoms with E-state index in [1.54, 1.807) is 0 Å². The molecule has 0 saturated heterocycles. The van der Waals surface area contributed by atoms with Crippen molar-refractivity contribution in [2.24, 2.45) is 5.41 Å². The fourth-order valence-electron chi connectivity index (χ4n) is 1.74. The second kappa shape index (κ2) is 5.13. The lowest BCUT2D eigenvalue weighted by Gasteiger charge is -2.27. The molecule has 0 amide bonds. The zero-order valence-electron chi connectivity index (χ0n) is 9.75. The molecule has 1 aliphatic rings. The first-order chi connectivity index (χ1) is 6.47. The highest BCUT2D eigenvalue weighted by molar-refractivity contribution is 4.72. The summed E-state index contributed by atoms with van der Waals surface area (Å²) in [5.74, 6) is 0. The summed E-state index contributed by atoms with van der Waals surface area (Å²) in [6.07, 6.45) is 5.35. The van der Waals surface area contributed by atoms with Gasteiger partial charge < -0.3 is 9.84 Å². The van der Waals surface area contributed by atoms with Crippen LogP contribution in [0, 0.1) is 5.41 Å². The maximum Gasteiger partial charge on any atom is 0.0577 e. The van der Waals surface area contributed by atoms with Crippen molar-refractivity contribution in [1.29, 1.82) is 0 Å². The Bertz CT molecular complexity index is 152. The van der Waals surface area contributed by atoms with Gasteiger partial charge in [0.1, 0.15) is 0 Å². The van der Waals surface area contributed by atoms with E-state index >= 15 is 0 Å². The Hall–Kier alpha value is -0.0800. The minimum absolute atomic E-state index is 0.0718. The predicted octanol–water partition coefficient (Wildman–Crippen LogP) is 2.74. The van der Waals surface area contributed by atoms with Crippen molar-refractivity contribution < 1.29 is 9.84 Å². The standard InChI is InChI=1S/C12H24O2/c1-12(2,3)8-9-14-11-6-4-10(13)5-7-11/h10-11,13H,4-9H2,1-3H3. The molecule has 1 aliphatic carbocycles. The molecule has 0 aromatic heterocycles. The van der Waals surface area contributed by atoms with Crippen molar-refractivity contribution in [3.05, 3.63) is 0 Å². The van der Waals surface area contributed by atoms with Crippen molar-refractivity contribution in [1.82, 2.24) is 0 Å². The van der Waals surface area contributed by atoms with Crippen LogP contribution in [0.3, 0.4) is 0 Å². The number of aliphatic hydroxyl groups is 1. The van der Waals surface area contributed by atoms with Crippen LogP contribution >= 0.6 is 0 Å². The van der Waals surface area contributed by atoms with Crippen LogP contribution in [0.2, 0.25) is 0 Å². The number of ether oxygens (including phenoxy) is 1. The lowest BCUT2D eigenvalue weighted by molar-refractivity contribution is -0.0113. The molecule has 0 aromatic carbocycles. The van der Waals surface area contributed by atoms with Crippen molar-refractivity contribution in [2.45, 2.75) is 65.1 Å². The van der Waals surface area contributed by atoms with Gasteiger partial charge in [0.25, 0.3) is 0 Å². The van der Waals surface area contributed by atoms with Gasteiger partial charge >= 0.3 is 0 Å². The van der Waals surface area contributed by atoms with E-state index in [2.05, 4.69) is 20.8 Å². The van der Waals surface area contributed by atoms with Crippen LogP contribution in [0.25, 0.3) is 0 Å². The summed E-state index contributed by atoms with van der Waals surface area (Å²) in [5.41, 5.74) is 0.369. The molecule has 0 spiro atoms. The summed E-state index contributed by atoms with van der Waals surface area (Å²) >= 11 is 0. The van der Waals surface area contributed by atoms with E-state index in [1.807, 2.05) is 0 Å². The first-order valence-corrected chi connectivity index (χ1v) is 5.77. The zero-order chi connectivity index (χ0) is 10.6. The highest BCUT2D eigenvalue weighted by atomic mass is 16.5. The van der Waals surface area contributed by atoms with Crippen LogP contribution in [0.4, 0.5) is 0 Å². The van der Waals surface area contributed by atoms with Crippen molar-refractivity contribution >= 4 is 0 Å². The molecular weight excluding hydrogens is 176 g/mol. The largest absolute Gasteiger partial charge is 0.393 e. The van der Waals surface area contributed by atoms with Crippen molar-refractivity contribution in [3.63, 3.8) is 0 Å². The molecule has 0 atom stereocenters. The Kier molecular flexibility index (Phi) is 4.39. The highest BCUT2D eigenvalue weighted by Gasteiger charge is 2.20. The minimum Gasteiger partial charge on any atom is -0.393 e. The predicted molar refractivity (Wildman–Crippen MR) is 58.3 cm³/mol. The molecular formula is C12H24O2. The average Bonchev–Trinajstić information content (AvgIpc) is 2.06. The second-order valence-corrected chi connectivity index (χ2v) is 5.61. The van der Waals surface area contributed by atoms with Crippen molar-refractivity contribution in [3.8, 4) is 0 Å². The summed E-state index contributed by atoms with van der Waals surface area (Å²) in [5, 5.41) is 9.33. The van der Waals surface area contributed by atoms with E-state index in [0.29, 0.717) is 11.5 Å². The van der Waals surface area contributed by atoms with Crippen LogP contribution in [0.1, 0.15) is 52.9 Å². The molecule has 84 valence electrons. The molecule has 0 bridgehead atoms. The van der Waals surface area contributed by atoms with Crippen LogP contribution < -0.4 is 0 Å². The van der Waals surface area contributed by atoms with E-state index in [9.17, 15) is 5.11 Å². The smallest absolute Gasteiger partial charge is 0.0577 e. The quantitative estimate of drug-likeness (QED) is 0.759. The van der Waals surface area contributed by atoms with E-state index in [0.717, 1.165) is 38.7 Å². The fourth-order valence-corrected chi connectivity index (χ4v) is 1.74. The van der Waals surface area contributed by atoms with Crippen molar-refractivity contribution in [2.75, 3.05) is 6.61 Å². The van der Waals surface area contributed by atoms with Crippen LogP contribution in [-0.2, 0) is 4.74 Å². The molecule has 0 radical (unpaired) electrons. The average molecular weight is 200 g/mol. The SMILES string of the molecule is CC(C)(C)CCOC1CCC(O)CC1. The van der Waals surface area contributed by atoms with Gasteiger partial charge in [-0.05, 0) is 37.5 Å². The van der Waals surface area contributed by atoms with E-state index in [1.165, 1.54) is 0 Å². The van der Waals surface area contributed by atoms with Crippen LogP contribution in [0.15, 0.2) is 0 Å². The molecule has 2 heteroatoms. The Morgan fingerprint density at radius 2 is 1.71 bits per heavy atom. The van der Waals surface area contributed by atoms with Gasteiger partial charge in [0.2, 0.25) is 0 Å². The van der Waals surface area contributed by atoms with Crippen LogP contribution in [0.5, 0.6) is 0 Å². The van der Waals surface area contributed by atoms with Gasteiger partial charge in [-0.15, -0.1) is 0 Å². The van der Waals surface area contributed by atoms with Gasteiger partial charge in [-0.1, -0.05) is 20.8 Å². The van der Waals surface area contributed by atoms with Gasteiger partial charge in [-0.25, -0.2) is 0 Å². The lowest BCUT2D eigenvalue weighted by Crippen LogP contribution is -2.25. The minimum atomic E-state index is -0.0718. The summed E-state index contributed by atoms with van der Waals surface area (Å²) in [7, 11) is 0. The van der Waals surface area contributed by atoms with Gasteiger partial charge in [-0.3, -0.25) is 0 Å². The maximum absolute atomic E-state index is 9.33. The Balaban J connectivity index is 2.08. The molecule has 1 saturated carbocycles. The molecule has 0 heterocycles. The second-order valence-electron chi connectivity index (χ2n) is 5.61. The van der Waals surface area contributed by atoms with Gasteiger partial charge in [0.05, 0.1) is 12.2 Å². The summed E-state index contributed by atoms with van der Waals surface area (Å²) in [4.78, 5) is 0. The Labute approximate surface area is 87.7 Å². The molecule has 2 nitrogen and oxygen atoms in total. The Morgan fingerprint density at radius 3 is 2.21 bits per heavy atom. The molecule has 1 rings (SSSR count). The number of hydrogen-bond donors (Lipinski definition) is 1. The molecule has 0 aromatic rings. The number of aliphatic hydroxyl groups excluding tert-OH is 1. The third-order valence-electron chi connectivity index (χ3n) is 2.85. The summed E-state index contributed by atoms with van der Waals surface area (Å²) < 4.78 is 5.80. The molecule has 0 unspecified atom stereocenters. The first kappa shape index (κ1) is 12.0. The van der Waals surface area contributed by atoms with Gasteiger partial charge in [0, 0.05) is 6.61 Å². The van der Waals surface area contributed by atoms with Gasteiger partial charge in [0.15, 0.2) is 0 Å². The van der Waals surface area contributed by atoms with E-state index in [4.69, 9.17) is 4.74 Å². The maximum atomic E-state index is 9.33. The molecule has 0 aliphatic heterocycles. The van der Waals surface area contributed by atoms with Crippen LogP contribution in [-0.4, -0.2) is 23.9 Å². The zero-order valence-corrected chi connectivity index (χ0v) is 9.75. The molecule has 1 fully saturated rings. The summed E-state index contributed by atoms with van der Waals surface area (Å²) in [6, 6.07) is 0. The van der Waals surface area contributed by atoms with E-state index < -0.39 is 0 Å². The third-order valence-corrected chi connectivity index (χ3v) is 2.85. The Morgan fingerprint density at radius 1 is 1.14 bits per heavy atom. The highest BCUT2D eigenvalue weighted by Crippen LogP contribution is 2.23. The molecule has 1 N–H and O–H groups in total. The topological polar surface area (TPSA) is 29.5 Å². The fraction of sp³-hybridized carbons (Fsp3) is 1.00. The monoisotopic (exact) mass is 200 g/mol. The number of hydrogen-bond acceptors (Lipinski definition) is 2.